The van der Waals surface area contributed by atoms with Crippen molar-refractivity contribution in [3.05, 3.63) is 23.7 Å². The summed E-state index contributed by atoms with van der Waals surface area (Å²) in [6.45, 7) is 1.91. The summed E-state index contributed by atoms with van der Waals surface area (Å²) in [4.78, 5) is 8.89. The fourth-order valence-corrected chi connectivity index (χ4v) is 1.80. The SMILES string of the molecule is Cc1c(N)nc(C2CC2)nc1Nc1ccn(C)n1. The van der Waals surface area contributed by atoms with Gasteiger partial charge in [0.15, 0.2) is 5.82 Å². The Morgan fingerprint density at radius 3 is 2.78 bits per heavy atom. The molecule has 1 aliphatic rings. The molecular weight excluding hydrogens is 228 g/mol. The lowest BCUT2D eigenvalue weighted by Gasteiger charge is -2.10. The molecule has 1 saturated carbocycles. The van der Waals surface area contributed by atoms with Gasteiger partial charge in [-0.15, -0.1) is 0 Å². The minimum absolute atomic E-state index is 0.484. The van der Waals surface area contributed by atoms with Gasteiger partial charge in [-0.3, -0.25) is 4.68 Å². The maximum atomic E-state index is 5.93. The Morgan fingerprint density at radius 1 is 1.39 bits per heavy atom. The summed E-state index contributed by atoms with van der Waals surface area (Å²) in [7, 11) is 1.88. The summed E-state index contributed by atoms with van der Waals surface area (Å²) in [6.07, 6.45) is 4.20. The highest BCUT2D eigenvalue weighted by Crippen LogP contribution is 2.39. The van der Waals surface area contributed by atoms with Crippen LogP contribution >= 0.6 is 0 Å². The number of rotatable bonds is 3. The number of nitrogens with one attached hydrogen (secondary N) is 1. The van der Waals surface area contributed by atoms with Gasteiger partial charge in [0, 0.05) is 30.8 Å². The topological polar surface area (TPSA) is 81.6 Å². The van der Waals surface area contributed by atoms with Gasteiger partial charge in [-0.2, -0.15) is 5.10 Å². The first-order chi connectivity index (χ1) is 8.63. The standard InChI is InChI=1S/C12H16N6/c1-7-10(13)15-12(8-3-4-8)16-11(7)14-9-5-6-18(2)17-9/h5-6,8H,3-4H2,1-2H3,(H3,13,14,15,16,17). The monoisotopic (exact) mass is 244 g/mol. The first-order valence-electron chi connectivity index (χ1n) is 6.04. The Hall–Kier alpha value is -2.11. The van der Waals surface area contributed by atoms with E-state index in [1.807, 2.05) is 26.2 Å². The molecule has 6 nitrogen and oxygen atoms in total. The number of anilines is 3. The second kappa shape index (κ2) is 3.97. The lowest BCUT2D eigenvalue weighted by molar-refractivity contribution is 0.770. The van der Waals surface area contributed by atoms with Crippen molar-refractivity contribution in [2.75, 3.05) is 11.1 Å². The molecule has 3 rings (SSSR count). The number of nitrogen functional groups attached to an aromatic ring is 1. The van der Waals surface area contributed by atoms with Crippen LogP contribution in [-0.4, -0.2) is 19.7 Å². The molecule has 94 valence electrons. The molecule has 0 radical (unpaired) electrons. The molecule has 6 heteroatoms. The van der Waals surface area contributed by atoms with E-state index >= 15 is 0 Å². The highest BCUT2D eigenvalue weighted by atomic mass is 15.3. The maximum Gasteiger partial charge on any atom is 0.153 e. The lowest BCUT2D eigenvalue weighted by atomic mass is 10.3. The molecule has 2 aromatic heterocycles. The first kappa shape index (κ1) is 11.0. The summed E-state index contributed by atoms with van der Waals surface area (Å²) in [5.74, 6) is 3.39. The van der Waals surface area contributed by atoms with E-state index in [2.05, 4.69) is 20.4 Å². The van der Waals surface area contributed by atoms with E-state index in [-0.39, 0.29) is 0 Å². The molecule has 1 fully saturated rings. The zero-order chi connectivity index (χ0) is 12.7. The third-order valence-electron chi connectivity index (χ3n) is 3.10. The maximum absolute atomic E-state index is 5.93. The zero-order valence-corrected chi connectivity index (χ0v) is 10.5. The minimum atomic E-state index is 0.484. The van der Waals surface area contributed by atoms with Crippen molar-refractivity contribution < 1.29 is 0 Å². The Kier molecular flexibility index (Phi) is 2.43. The molecule has 0 bridgehead atoms. The highest BCUT2D eigenvalue weighted by Gasteiger charge is 2.28. The van der Waals surface area contributed by atoms with Gasteiger partial charge >= 0.3 is 0 Å². The number of hydrogen-bond donors (Lipinski definition) is 2. The van der Waals surface area contributed by atoms with Crippen molar-refractivity contribution in [3.8, 4) is 0 Å². The molecule has 2 heterocycles. The third-order valence-corrected chi connectivity index (χ3v) is 3.10. The van der Waals surface area contributed by atoms with Crippen LogP contribution in [0.25, 0.3) is 0 Å². The van der Waals surface area contributed by atoms with E-state index in [4.69, 9.17) is 5.73 Å². The molecule has 0 amide bonds. The highest BCUT2D eigenvalue weighted by molar-refractivity contribution is 5.61. The molecule has 0 atom stereocenters. The van der Waals surface area contributed by atoms with Gasteiger partial charge in [0.1, 0.15) is 17.5 Å². The van der Waals surface area contributed by atoms with Gasteiger partial charge in [0.05, 0.1) is 0 Å². The molecule has 0 spiro atoms. The summed E-state index contributed by atoms with van der Waals surface area (Å²) in [5.41, 5.74) is 6.79. The number of hydrogen-bond acceptors (Lipinski definition) is 5. The van der Waals surface area contributed by atoms with E-state index < -0.39 is 0 Å². The average Bonchev–Trinajstić information content (AvgIpc) is 3.10. The number of aryl methyl sites for hydroxylation is 1. The molecule has 1 aliphatic carbocycles. The van der Waals surface area contributed by atoms with Crippen LogP contribution < -0.4 is 11.1 Å². The fraction of sp³-hybridized carbons (Fsp3) is 0.417. The van der Waals surface area contributed by atoms with Gasteiger partial charge in [-0.25, -0.2) is 9.97 Å². The average molecular weight is 244 g/mol. The quantitative estimate of drug-likeness (QED) is 0.859. The summed E-state index contributed by atoms with van der Waals surface area (Å²) in [6, 6.07) is 1.90. The van der Waals surface area contributed by atoms with Crippen molar-refractivity contribution in [3.63, 3.8) is 0 Å². The largest absolute Gasteiger partial charge is 0.383 e. The van der Waals surface area contributed by atoms with Crippen LogP contribution in [0.4, 0.5) is 17.5 Å². The Morgan fingerprint density at radius 2 is 2.17 bits per heavy atom. The summed E-state index contributed by atoms with van der Waals surface area (Å²) in [5, 5.41) is 7.47. The smallest absolute Gasteiger partial charge is 0.153 e. The molecule has 2 aromatic rings. The predicted molar refractivity (Wildman–Crippen MR) is 69.6 cm³/mol. The molecule has 0 saturated heterocycles. The Labute approximate surface area is 105 Å². The van der Waals surface area contributed by atoms with Crippen LogP contribution in [0.15, 0.2) is 12.3 Å². The summed E-state index contributed by atoms with van der Waals surface area (Å²) < 4.78 is 1.74. The van der Waals surface area contributed by atoms with E-state index in [0.717, 1.165) is 35.9 Å². The minimum Gasteiger partial charge on any atom is -0.383 e. The summed E-state index contributed by atoms with van der Waals surface area (Å²) >= 11 is 0. The molecular formula is C12H16N6. The number of aromatic nitrogens is 4. The fourth-order valence-electron chi connectivity index (χ4n) is 1.80. The zero-order valence-electron chi connectivity index (χ0n) is 10.5. The van der Waals surface area contributed by atoms with Gasteiger partial charge in [-0.05, 0) is 19.8 Å². The number of nitrogens with zero attached hydrogens (tertiary/aromatic N) is 4. The van der Waals surface area contributed by atoms with Crippen LogP contribution in [0.1, 0.15) is 30.1 Å². The van der Waals surface area contributed by atoms with Gasteiger partial charge in [0.25, 0.3) is 0 Å². The second-order valence-electron chi connectivity index (χ2n) is 4.71. The normalized spacial score (nSPS) is 14.8. The van der Waals surface area contributed by atoms with E-state index in [1.165, 1.54) is 0 Å². The van der Waals surface area contributed by atoms with E-state index in [1.54, 1.807) is 4.68 Å². The van der Waals surface area contributed by atoms with Crippen molar-refractivity contribution in [2.24, 2.45) is 7.05 Å². The van der Waals surface area contributed by atoms with Crippen molar-refractivity contribution in [1.29, 1.82) is 0 Å². The van der Waals surface area contributed by atoms with E-state index in [9.17, 15) is 0 Å². The molecule has 0 aromatic carbocycles. The van der Waals surface area contributed by atoms with Crippen LogP contribution in [0.5, 0.6) is 0 Å². The first-order valence-corrected chi connectivity index (χ1v) is 6.04. The second-order valence-corrected chi connectivity index (χ2v) is 4.71. The van der Waals surface area contributed by atoms with Crippen LogP contribution in [0.2, 0.25) is 0 Å². The van der Waals surface area contributed by atoms with Gasteiger partial charge in [0.2, 0.25) is 0 Å². The van der Waals surface area contributed by atoms with E-state index in [0.29, 0.717) is 11.7 Å². The van der Waals surface area contributed by atoms with Gasteiger partial charge in [-0.1, -0.05) is 0 Å². The van der Waals surface area contributed by atoms with Crippen LogP contribution in [-0.2, 0) is 7.05 Å². The molecule has 18 heavy (non-hydrogen) atoms. The van der Waals surface area contributed by atoms with Gasteiger partial charge < -0.3 is 11.1 Å². The molecule has 3 N–H and O–H groups in total. The number of nitrogens with two attached hydrogens (primary N) is 1. The lowest BCUT2D eigenvalue weighted by Crippen LogP contribution is -2.06. The molecule has 0 aliphatic heterocycles. The van der Waals surface area contributed by atoms with Crippen LogP contribution in [0.3, 0.4) is 0 Å². The Balaban J connectivity index is 1.94. The Bertz CT molecular complexity index is 584. The molecule has 0 unspecified atom stereocenters. The van der Waals surface area contributed by atoms with Crippen molar-refractivity contribution in [2.45, 2.75) is 25.7 Å². The van der Waals surface area contributed by atoms with Crippen molar-refractivity contribution >= 4 is 17.5 Å². The van der Waals surface area contributed by atoms with Crippen LogP contribution in [0, 0.1) is 6.92 Å². The van der Waals surface area contributed by atoms with Crippen molar-refractivity contribution in [1.82, 2.24) is 19.7 Å². The third kappa shape index (κ3) is 2.01. The predicted octanol–water partition coefficient (Wildman–Crippen LogP) is 1.72.